The molecule has 4 saturated carbocycles. The number of rotatable bonds is 5. The van der Waals surface area contributed by atoms with Gasteiger partial charge >= 0.3 is 0 Å². The van der Waals surface area contributed by atoms with E-state index in [4.69, 9.17) is 0 Å². The van der Waals surface area contributed by atoms with Crippen LogP contribution in [0.3, 0.4) is 0 Å². The van der Waals surface area contributed by atoms with Crippen LogP contribution in [0.2, 0.25) is 0 Å². The highest BCUT2D eigenvalue weighted by Gasteiger charge is 2.68. The van der Waals surface area contributed by atoms with Crippen molar-refractivity contribution in [3.05, 3.63) is 12.2 Å². The Hall–Kier alpha value is -0.670. The number of carbonyl (C=O) groups excluding carboxylic acids is 1. The number of aliphatic hydroxyl groups is 2. The molecule has 0 aromatic carbocycles. The van der Waals surface area contributed by atoms with Gasteiger partial charge in [-0.15, -0.1) is 0 Å². The number of Topliss-reactive ketones (excluding diaryl/α,β-unsaturated/α-hetero) is 1. The Kier molecular flexibility index (Phi) is 6.28. The molecule has 0 saturated heterocycles. The molecule has 4 aliphatic rings. The molecule has 0 aromatic heterocycles. The number of allylic oxidation sites excluding steroid dienone is 1. The summed E-state index contributed by atoms with van der Waals surface area (Å²) in [6.07, 6.45) is 8.84. The monoisotopic (exact) mass is 444 g/mol. The van der Waals surface area contributed by atoms with Crippen molar-refractivity contribution in [2.24, 2.45) is 52.3 Å². The van der Waals surface area contributed by atoms with E-state index in [1.54, 1.807) is 0 Å². The largest absolute Gasteiger partial charge is 0.393 e. The van der Waals surface area contributed by atoms with E-state index in [9.17, 15) is 15.0 Å². The van der Waals surface area contributed by atoms with E-state index in [1.165, 1.54) is 6.42 Å². The van der Waals surface area contributed by atoms with Gasteiger partial charge in [-0.05, 0) is 109 Å². The minimum Gasteiger partial charge on any atom is -0.393 e. The van der Waals surface area contributed by atoms with Gasteiger partial charge < -0.3 is 10.2 Å². The van der Waals surface area contributed by atoms with Crippen molar-refractivity contribution in [1.82, 2.24) is 0 Å². The average Bonchev–Trinajstić information content (AvgIpc) is 3.02. The molecule has 10 unspecified atom stereocenters. The molecule has 0 aromatic rings. The number of carbonyl (C=O) groups is 1. The first-order chi connectivity index (χ1) is 14.9. The fourth-order valence-corrected chi connectivity index (χ4v) is 9.52. The lowest BCUT2D eigenvalue weighted by Gasteiger charge is -2.65. The predicted molar refractivity (Wildman–Crippen MR) is 130 cm³/mol. The molecule has 0 amide bonds. The van der Waals surface area contributed by atoms with Crippen LogP contribution in [0.5, 0.6) is 0 Å². The minimum absolute atomic E-state index is 0.101. The quantitative estimate of drug-likeness (QED) is 0.498. The van der Waals surface area contributed by atoms with Crippen LogP contribution >= 0.6 is 0 Å². The Bertz CT molecular complexity index is 758. The molecular weight excluding hydrogens is 396 g/mol. The lowest BCUT2D eigenvalue weighted by molar-refractivity contribution is -0.220. The molecule has 4 aliphatic carbocycles. The smallest absolute Gasteiger partial charge is 0.158 e. The maximum atomic E-state index is 12.8. The summed E-state index contributed by atoms with van der Waals surface area (Å²) in [5.74, 6) is 2.97. The Balaban J connectivity index is 1.56. The maximum absolute atomic E-state index is 12.8. The fraction of sp³-hybridized carbons (Fsp3) is 0.897. The summed E-state index contributed by atoms with van der Waals surface area (Å²) in [5, 5.41) is 22.9. The summed E-state index contributed by atoms with van der Waals surface area (Å²) in [4.78, 5) is 12.8. The van der Waals surface area contributed by atoms with Crippen molar-refractivity contribution in [2.45, 2.75) is 111 Å². The fourth-order valence-electron chi connectivity index (χ4n) is 9.52. The lowest BCUT2D eigenvalue weighted by atomic mass is 9.42. The van der Waals surface area contributed by atoms with Crippen molar-refractivity contribution < 1.29 is 15.0 Å². The molecule has 0 spiro atoms. The lowest BCUT2D eigenvalue weighted by Crippen LogP contribution is -2.63. The second kappa shape index (κ2) is 8.22. The van der Waals surface area contributed by atoms with Gasteiger partial charge in [0.2, 0.25) is 0 Å². The highest BCUT2D eigenvalue weighted by molar-refractivity contribution is 5.95. The second-order valence-electron chi connectivity index (χ2n) is 13.2. The third-order valence-electron chi connectivity index (χ3n) is 11.7. The molecule has 0 aliphatic heterocycles. The van der Waals surface area contributed by atoms with E-state index in [2.05, 4.69) is 34.3 Å². The van der Waals surface area contributed by atoms with E-state index in [0.29, 0.717) is 36.0 Å². The standard InChI is InChI=1S/C29H48O3/c1-17(2)19(4)26(31)16-18(3)21-11-15-29(32)24-9-8-22-20(5)25(30)12-13-27(22,6)23(24)10-14-28(21,29)7/h17-18,20-25,30,32H,4,8-16H2,1-3,5-7H3. The first-order valence-corrected chi connectivity index (χ1v) is 13.5. The molecule has 0 radical (unpaired) electrons. The predicted octanol–water partition coefficient (Wildman–Crippen LogP) is 6.17. The molecular formula is C29H48O3. The van der Waals surface area contributed by atoms with Crippen LogP contribution in [-0.2, 0) is 4.79 Å². The van der Waals surface area contributed by atoms with Gasteiger partial charge in [-0.3, -0.25) is 4.79 Å². The average molecular weight is 445 g/mol. The highest BCUT2D eigenvalue weighted by atomic mass is 16.3. The van der Waals surface area contributed by atoms with Crippen molar-refractivity contribution in [3.8, 4) is 0 Å². The molecule has 4 rings (SSSR count). The van der Waals surface area contributed by atoms with Gasteiger partial charge in [0.15, 0.2) is 5.78 Å². The molecule has 3 heteroatoms. The molecule has 4 fully saturated rings. The third kappa shape index (κ3) is 3.39. The van der Waals surface area contributed by atoms with Crippen LogP contribution in [0.4, 0.5) is 0 Å². The Morgan fingerprint density at radius 2 is 1.62 bits per heavy atom. The zero-order valence-corrected chi connectivity index (χ0v) is 21.5. The number of ketones is 1. The van der Waals surface area contributed by atoms with Gasteiger partial charge in [0.05, 0.1) is 11.7 Å². The van der Waals surface area contributed by atoms with Gasteiger partial charge in [-0.2, -0.15) is 0 Å². The van der Waals surface area contributed by atoms with E-state index in [1.807, 2.05) is 13.8 Å². The van der Waals surface area contributed by atoms with Crippen molar-refractivity contribution in [3.63, 3.8) is 0 Å². The van der Waals surface area contributed by atoms with Gasteiger partial charge in [0, 0.05) is 6.42 Å². The molecule has 32 heavy (non-hydrogen) atoms. The molecule has 10 atom stereocenters. The SMILES string of the molecule is C=C(C(=O)CC(C)C1CCC2(O)C3CCC4C(C)C(O)CCC4(C)C3CCC12C)C(C)C. The third-order valence-corrected chi connectivity index (χ3v) is 11.7. The number of hydrogen-bond donors (Lipinski definition) is 2. The van der Waals surface area contributed by atoms with Gasteiger partial charge in [-0.25, -0.2) is 0 Å². The summed E-state index contributed by atoms with van der Waals surface area (Å²) in [6.45, 7) is 17.5. The van der Waals surface area contributed by atoms with Crippen molar-refractivity contribution in [1.29, 1.82) is 0 Å². The Morgan fingerprint density at radius 3 is 2.28 bits per heavy atom. The first-order valence-electron chi connectivity index (χ1n) is 13.5. The Morgan fingerprint density at radius 1 is 0.969 bits per heavy atom. The number of fused-ring (bicyclic) bond motifs is 5. The summed E-state index contributed by atoms with van der Waals surface area (Å²) in [7, 11) is 0. The minimum atomic E-state index is -0.611. The van der Waals surface area contributed by atoms with Crippen LogP contribution in [0.25, 0.3) is 0 Å². The van der Waals surface area contributed by atoms with Crippen LogP contribution in [-0.4, -0.2) is 27.7 Å². The molecule has 182 valence electrons. The molecule has 3 nitrogen and oxygen atoms in total. The van der Waals surface area contributed by atoms with Crippen molar-refractivity contribution in [2.75, 3.05) is 0 Å². The first kappa shape index (κ1) is 24.5. The number of hydrogen-bond acceptors (Lipinski definition) is 3. The van der Waals surface area contributed by atoms with Gasteiger partial charge in [0.1, 0.15) is 0 Å². The van der Waals surface area contributed by atoms with Crippen LogP contribution < -0.4 is 0 Å². The van der Waals surface area contributed by atoms with Crippen LogP contribution in [0.15, 0.2) is 12.2 Å². The molecule has 0 bridgehead atoms. The summed E-state index contributed by atoms with van der Waals surface area (Å²) in [6, 6.07) is 0. The van der Waals surface area contributed by atoms with Gasteiger partial charge in [0.25, 0.3) is 0 Å². The highest BCUT2D eigenvalue weighted by Crippen LogP contribution is 2.70. The zero-order valence-electron chi connectivity index (χ0n) is 21.5. The second-order valence-corrected chi connectivity index (χ2v) is 13.2. The van der Waals surface area contributed by atoms with E-state index in [-0.39, 0.29) is 34.6 Å². The van der Waals surface area contributed by atoms with E-state index >= 15 is 0 Å². The zero-order chi connectivity index (χ0) is 23.6. The van der Waals surface area contributed by atoms with E-state index in [0.717, 1.165) is 50.5 Å². The van der Waals surface area contributed by atoms with Crippen LogP contribution in [0, 0.1) is 52.3 Å². The summed E-state index contributed by atoms with van der Waals surface area (Å²) < 4.78 is 0. The Labute approximate surface area is 196 Å². The van der Waals surface area contributed by atoms with Crippen molar-refractivity contribution >= 4 is 5.78 Å². The number of aliphatic hydroxyl groups excluding tert-OH is 1. The topological polar surface area (TPSA) is 57.5 Å². The molecule has 0 heterocycles. The molecule has 2 N–H and O–H groups in total. The maximum Gasteiger partial charge on any atom is 0.158 e. The van der Waals surface area contributed by atoms with E-state index < -0.39 is 5.60 Å². The van der Waals surface area contributed by atoms with Crippen LogP contribution in [0.1, 0.15) is 99.3 Å². The summed E-state index contributed by atoms with van der Waals surface area (Å²) in [5.41, 5.74) is 0.280. The summed E-state index contributed by atoms with van der Waals surface area (Å²) >= 11 is 0. The van der Waals surface area contributed by atoms with Gasteiger partial charge in [-0.1, -0.05) is 48.1 Å². The normalized spacial score (nSPS) is 49.2.